The van der Waals surface area contributed by atoms with E-state index in [1.54, 1.807) is 0 Å². The van der Waals surface area contributed by atoms with Gasteiger partial charge >= 0.3 is 0 Å². The molecule has 1 aromatic carbocycles. The van der Waals surface area contributed by atoms with Crippen LogP contribution in [0.2, 0.25) is 0 Å². The smallest absolute Gasteiger partial charge is 0.128 e. The first-order chi connectivity index (χ1) is 9.65. The van der Waals surface area contributed by atoms with Crippen molar-refractivity contribution in [2.45, 2.75) is 37.3 Å². The molecule has 2 saturated heterocycles. The van der Waals surface area contributed by atoms with Crippen LogP contribution < -0.4 is 5.32 Å². The highest BCUT2D eigenvalue weighted by atomic mass is 32.2. The van der Waals surface area contributed by atoms with E-state index in [2.05, 4.69) is 5.32 Å². The molecule has 1 unspecified atom stereocenters. The van der Waals surface area contributed by atoms with Gasteiger partial charge in [0.25, 0.3) is 0 Å². The third-order valence-electron chi connectivity index (χ3n) is 4.13. The number of rotatable bonds is 2. The highest BCUT2D eigenvalue weighted by Crippen LogP contribution is 2.38. The molecule has 2 aliphatic heterocycles. The maximum Gasteiger partial charge on any atom is 0.128 e. The largest absolute Gasteiger partial charge is 0.382 e. The zero-order valence-electron chi connectivity index (χ0n) is 11.3. The zero-order valence-corrected chi connectivity index (χ0v) is 12.1. The van der Waals surface area contributed by atoms with Gasteiger partial charge in [-0.3, -0.25) is 0 Å². The van der Waals surface area contributed by atoms with Crippen molar-refractivity contribution in [3.63, 3.8) is 0 Å². The molecule has 1 aromatic rings. The van der Waals surface area contributed by atoms with E-state index in [9.17, 15) is 8.78 Å². The number of hydrogen-bond donors (Lipinski definition) is 1. The number of nitrogens with one attached hydrogen (secondary N) is 1. The van der Waals surface area contributed by atoms with Gasteiger partial charge in [0.1, 0.15) is 11.6 Å². The molecule has 110 valence electrons. The Kier molecular flexibility index (Phi) is 4.17. The summed E-state index contributed by atoms with van der Waals surface area (Å²) < 4.78 is 32.5. The van der Waals surface area contributed by atoms with Gasteiger partial charge in [0.05, 0.1) is 5.60 Å². The summed E-state index contributed by atoms with van der Waals surface area (Å²) >= 11 is 1.97. The van der Waals surface area contributed by atoms with Crippen LogP contribution in [-0.2, 0) is 4.74 Å². The minimum atomic E-state index is -0.539. The van der Waals surface area contributed by atoms with Crippen LogP contribution in [0.5, 0.6) is 0 Å². The van der Waals surface area contributed by atoms with E-state index in [0.29, 0.717) is 5.69 Å². The maximum absolute atomic E-state index is 13.2. The van der Waals surface area contributed by atoms with Crippen LogP contribution in [0.15, 0.2) is 18.2 Å². The standard InChI is InChI=1S/C15H19F2NOS/c16-11-7-12(17)9-14(8-11)18-13-1-4-19-15(10-13)2-5-20-6-3-15/h7-9,13,18H,1-6,10H2. The van der Waals surface area contributed by atoms with E-state index in [-0.39, 0.29) is 11.6 Å². The molecule has 1 atom stereocenters. The van der Waals surface area contributed by atoms with Crippen molar-refractivity contribution in [3.05, 3.63) is 29.8 Å². The SMILES string of the molecule is Fc1cc(F)cc(NC2CCOC3(CCSCC3)C2)c1. The molecule has 2 heterocycles. The third kappa shape index (κ3) is 3.26. The molecule has 2 nitrogen and oxygen atoms in total. The summed E-state index contributed by atoms with van der Waals surface area (Å²) in [4.78, 5) is 0. The van der Waals surface area contributed by atoms with Gasteiger partial charge in [-0.2, -0.15) is 11.8 Å². The number of anilines is 1. The average molecular weight is 299 g/mol. The molecule has 3 rings (SSSR count). The van der Waals surface area contributed by atoms with Crippen LogP contribution >= 0.6 is 11.8 Å². The monoisotopic (exact) mass is 299 g/mol. The van der Waals surface area contributed by atoms with Gasteiger partial charge in [-0.15, -0.1) is 0 Å². The molecule has 0 aromatic heterocycles. The summed E-state index contributed by atoms with van der Waals surface area (Å²) in [5.74, 6) is 1.20. The average Bonchev–Trinajstić information content (AvgIpc) is 2.38. The maximum atomic E-state index is 13.2. The third-order valence-corrected chi connectivity index (χ3v) is 5.12. The highest BCUT2D eigenvalue weighted by molar-refractivity contribution is 7.99. The van der Waals surface area contributed by atoms with Gasteiger partial charge in [-0.05, 0) is 49.3 Å². The van der Waals surface area contributed by atoms with Crippen molar-refractivity contribution in [3.8, 4) is 0 Å². The van der Waals surface area contributed by atoms with Gasteiger partial charge in [0.15, 0.2) is 0 Å². The van der Waals surface area contributed by atoms with Gasteiger partial charge in [-0.1, -0.05) is 0 Å². The molecule has 20 heavy (non-hydrogen) atoms. The molecular weight excluding hydrogens is 280 g/mol. The first-order valence-corrected chi connectivity index (χ1v) is 8.25. The van der Waals surface area contributed by atoms with Crippen LogP contribution in [0.1, 0.15) is 25.7 Å². The fraction of sp³-hybridized carbons (Fsp3) is 0.600. The van der Waals surface area contributed by atoms with E-state index in [0.717, 1.165) is 49.9 Å². The fourth-order valence-electron chi connectivity index (χ4n) is 3.12. The van der Waals surface area contributed by atoms with Crippen LogP contribution in [0.4, 0.5) is 14.5 Å². The molecule has 0 aliphatic carbocycles. The fourth-order valence-corrected chi connectivity index (χ4v) is 4.35. The van der Waals surface area contributed by atoms with E-state index < -0.39 is 11.6 Å². The lowest BCUT2D eigenvalue weighted by Gasteiger charge is -2.43. The van der Waals surface area contributed by atoms with Crippen LogP contribution in [0, 0.1) is 11.6 Å². The van der Waals surface area contributed by atoms with Crippen molar-refractivity contribution in [1.82, 2.24) is 0 Å². The van der Waals surface area contributed by atoms with Crippen molar-refractivity contribution in [2.24, 2.45) is 0 Å². The lowest BCUT2D eigenvalue weighted by molar-refractivity contribution is -0.0865. The first-order valence-electron chi connectivity index (χ1n) is 7.10. The molecule has 0 bridgehead atoms. The number of ether oxygens (including phenoxy) is 1. The Balaban J connectivity index is 1.67. The zero-order chi connectivity index (χ0) is 14.0. The molecule has 2 aliphatic rings. The number of halogens is 2. The minimum Gasteiger partial charge on any atom is -0.382 e. The molecular formula is C15H19F2NOS. The molecule has 0 saturated carbocycles. The molecule has 2 fully saturated rings. The van der Waals surface area contributed by atoms with E-state index in [4.69, 9.17) is 4.74 Å². The van der Waals surface area contributed by atoms with Crippen molar-refractivity contribution >= 4 is 17.4 Å². The summed E-state index contributed by atoms with van der Waals surface area (Å²) in [5.41, 5.74) is 0.502. The van der Waals surface area contributed by atoms with Gasteiger partial charge in [-0.25, -0.2) is 8.78 Å². The Labute approximate surface area is 122 Å². The minimum absolute atomic E-state index is 0.0208. The van der Waals surface area contributed by atoms with E-state index in [1.807, 2.05) is 11.8 Å². The predicted molar refractivity (Wildman–Crippen MR) is 78.2 cm³/mol. The molecule has 0 radical (unpaired) electrons. The normalized spacial score (nSPS) is 25.6. The molecule has 1 spiro atoms. The molecule has 0 amide bonds. The molecule has 1 N–H and O–H groups in total. The summed E-state index contributed by atoms with van der Waals surface area (Å²) in [7, 11) is 0. The number of thioether (sulfide) groups is 1. The second-order valence-corrected chi connectivity index (χ2v) is 6.86. The Morgan fingerprint density at radius 2 is 1.85 bits per heavy atom. The molecule has 5 heteroatoms. The Morgan fingerprint density at radius 1 is 1.15 bits per heavy atom. The second kappa shape index (κ2) is 5.90. The first kappa shape index (κ1) is 14.1. The Bertz CT molecular complexity index is 451. The van der Waals surface area contributed by atoms with Crippen molar-refractivity contribution in [2.75, 3.05) is 23.4 Å². The quantitative estimate of drug-likeness (QED) is 0.897. The van der Waals surface area contributed by atoms with Crippen molar-refractivity contribution in [1.29, 1.82) is 0 Å². The van der Waals surface area contributed by atoms with E-state index in [1.165, 1.54) is 12.1 Å². The van der Waals surface area contributed by atoms with Crippen LogP contribution in [0.25, 0.3) is 0 Å². The Hall–Kier alpha value is -0.810. The van der Waals surface area contributed by atoms with Gasteiger partial charge in [0.2, 0.25) is 0 Å². The number of hydrogen-bond acceptors (Lipinski definition) is 3. The van der Waals surface area contributed by atoms with Gasteiger partial charge < -0.3 is 10.1 Å². The van der Waals surface area contributed by atoms with Crippen molar-refractivity contribution < 1.29 is 13.5 Å². The van der Waals surface area contributed by atoms with E-state index >= 15 is 0 Å². The summed E-state index contributed by atoms with van der Waals surface area (Å²) in [5, 5.41) is 3.27. The summed E-state index contributed by atoms with van der Waals surface area (Å²) in [6.45, 7) is 0.722. The number of benzene rings is 1. The topological polar surface area (TPSA) is 21.3 Å². The lowest BCUT2D eigenvalue weighted by Crippen LogP contribution is -2.46. The van der Waals surface area contributed by atoms with Gasteiger partial charge in [0, 0.05) is 24.4 Å². The lowest BCUT2D eigenvalue weighted by atomic mass is 9.85. The predicted octanol–water partition coefficient (Wildman–Crippen LogP) is 3.82. The summed E-state index contributed by atoms with van der Waals surface area (Å²) in [6.07, 6.45) is 3.96. The second-order valence-electron chi connectivity index (χ2n) is 5.64. The van der Waals surface area contributed by atoms with Crippen LogP contribution in [-0.4, -0.2) is 29.8 Å². The van der Waals surface area contributed by atoms with Crippen LogP contribution in [0.3, 0.4) is 0 Å². The summed E-state index contributed by atoms with van der Waals surface area (Å²) in [6, 6.07) is 3.83. The highest BCUT2D eigenvalue weighted by Gasteiger charge is 2.38. The Morgan fingerprint density at radius 3 is 2.55 bits per heavy atom.